The van der Waals surface area contributed by atoms with Gasteiger partial charge in [0.2, 0.25) is 0 Å². The molecule has 0 N–H and O–H groups in total. The van der Waals surface area contributed by atoms with Crippen LogP contribution in [0.3, 0.4) is 0 Å². The van der Waals surface area contributed by atoms with Crippen molar-refractivity contribution in [2.45, 2.75) is 32.6 Å². The average Bonchev–Trinajstić information content (AvgIpc) is 1.99. The molecule has 0 bridgehead atoms. The molecule has 0 fully saturated rings. The van der Waals surface area contributed by atoms with Gasteiger partial charge in [-0.1, -0.05) is 26.2 Å². The Morgan fingerprint density at radius 3 is 2.60 bits per heavy atom. The lowest BCUT2D eigenvalue weighted by Gasteiger charge is -2.01. The fourth-order valence-electron chi connectivity index (χ4n) is 0.817. The largest absolute Gasteiger partial charge is 0.198 e. The van der Waals surface area contributed by atoms with Crippen LogP contribution in [-0.2, 0) is 0 Å². The monoisotopic (exact) mass is 159 g/mol. The van der Waals surface area contributed by atoms with Crippen molar-refractivity contribution >= 4 is 11.6 Å². The molecule has 2 heteroatoms. The molecule has 0 saturated heterocycles. The van der Waals surface area contributed by atoms with Crippen LogP contribution in [-0.4, -0.2) is 5.88 Å². The number of halogens is 1. The van der Waals surface area contributed by atoms with Crippen LogP contribution in [0.4, 0.5) is 0 Å². The normalized spacial score (nSPS) is 12.5. The molecule has 0 spiro atoms. The Morgan fingerprint density at radius 1 is 1.50 bits per heavy atom. The summed E-state index contributed by atoms with van der Waals surface area (Å²) in [7, 11) is 0. The minimum absolute atomic E-state index is 0.0771. The third kappa shape index (κ3) is 4.64. The van der Waals surface area contributed by atoms with E-state index in [2.05, 4.69) is 13.0 Å². The SMILES string of the molecule is CCCCCC(C#N)CCl. The van der Waals surface area contributed by atoms with Gasteiger partial charge in [-0.2, -0.15) is 5.26 Å². The minimum atomic E-state index is 0.0771. The summed E-state index contributed by atoms with van der Waals surface area (Å²) < 4.78 is 0. The van der Waals surface area contributed by atoms with E-state index in [1.54, 1.807) is 0 Å². The van der Waals surface area contributed by atoms with Crippen molar-refractivity contribution in [3.05, 3.63) is 0 Å². The first kappa shape index (κ1) is 9.78. The number of hydrogen-bond donors (Lipinski definition) is 0. The first-order chi connectivity index (χ1) is 4.85. The first-order valence-electron chi connectivity index (χ1n) is 3.80. The summed E-state index contributed by atoms with van der Waals surface area (Å²) in [6.45, 7) is 2.15. The zero-order chi connectivity index (χ0) is 7.82. The second-order valence-corrected chi connectivity index (χ2v) is 2.78. The van der Waals surface area contributed by atoms with E-state index in [9.17, 15) is 0 Å². The number of nitrogens with zero attached hydrogens (tertiary/aromatic N) is 1. The van der Waals surface area contributed by atoms with Gasteiger partial charge < -0.3 is 0 Å². The smallest absolute Gasteiger partial charge is 0.0668 e. The summed E-state index contributed by atoms with van der Waals surface area (Å²) in [5.41, 5.74) is 0. The molecule has 0 aliphatic carbocycles. The highest BCUT2D eigenvalue weighted by Crippen LogP contribution is 2.09. The Hall–Kier alpha value is -0.220. The molecule has 0 aromatic heterocycles. The van der Waals surface area contributed by atoms with Gasteiger partial charge in [0, 0.05) is 5.88 Å². The molecule has 0 saturated carbocycles. The summed E-state index contributed by atoms with van der Waals surface area (Å²) in [6.07, 6.45) is 4.53. The third-order valence-corrected chi connectivity index (χ3v) is 1.90. The van der Waals surface area contributed by atoms with Crippen LogP contribution < -0.4 is 0 Å². The highest BCUT2D eigenvalue weighted by molar-refractivity contribution is 6.18. The van der Waals surface area contributed by atoms with Crippen molar-refractivity contribution in [3.8, 4) is 6.07 Å². The van der Waals surface area contributed by atoms with Crippen LogP contribution in [0.5, 0.6) is 0 Å². The molecular weight excluding hydrogens is 146 g/mol. The van der Waals surface area contributed by atoms with E-state index in [0.717, 1.165) is 12.8 Å². The van der Waals surface area contributed by atoms with Crippen LogP contribution in [0.25, 0.3) is 0 Å². The number of unbranched alkanes of at least 4 members (excludes halogenated alkanes) is 2. The minimum Gasteiger partial charge on any atom is -0.198 e. The molecule has 0 aromatic rings. The second kappa shape index (κ2) is 6.89. The maximum absolute atomic E-state index is 8.49. The highest BCUT2D eigenvalue weighted by Gasteiger charge is 2.03. The molecule has 0 amide bonds. The number of alkyl halides is 1. The summed E-state index contributed by atoms with van der Waals surface area (Å²) in [5, 5.41) is 8.49. The van der Waals surface area contributed by atoms with Crippen molar-refractivity contribution in [3.63, 3.8) is 0 Å². The molecule has 1 unspecified atom stereocenters. The Labute approximate surface area is 68.0 Å². The van der Waals surface area contributed by atoms with Crippen molar-refractivity contribution < 1.29 is 0 Å². The van der Waals surface area contributed by atoms with Gasteiger partial charge in [0.05, 0.1) is 12.0 Å². The first-order valence-corrected chi connectivity index (χ1v) is 4.34. The molecule has 1 atom stereocenters. The van der Waals surface area contributed by atoms with E-state index in [4.69, 9.17) is 16.9 Å². The van der Waals surface area contributed by atoms with Crippen molar-refractivity contribution in [2.75, 3.05) is 5.88 Å². The second-order valence-electron chi connectivity index (χ2n) is 2.48. The van der Waals surface area contributed by atoms with Crippen molar-refractivity contribution in [1.82, 2.24) is 0 Å². The van der Waals surface area contributed by atoms with Crippen molar-refractivity contribution in [1.29, 1.82) is 5.26 Å². The summed E-state index contributed by atoms with van der Waals surface area (Å²) in [5.74, 6) is 0.563. The van der Waals surface area contributed by atoms with Gasteiger partial charge in [0.25, 0.3) is 0 Å². The third-order valence-electron chi connectivity index (χ3n) is 1.52. The van der Waals surface area contributed by atoms with Gasteiger partial charge in [-0.15, -0.1) is 11.6 Å². The summed E-state index contributed by atoms with van der Waals surface area (Å²) in [6, 6.07) is 2.18. The fourth-order valence-corrected chi connectivity index (χ4v) is 1.04. The zero-order valence-corrected chi connectivity index (χ0v) is 7.19. The Morgan fingerprint density at radius 2 is 2.20 bits per heavy atom. The van der Waals surface area contributed by atoms with Gasteiger partial charge in [-0.3, -0.25) is 0 Å². The predicted molar refractivity (Wildman–Crippen MR) is 44.0 cm³/mol. The van der Waals surface area contributed by atoms with E-state index in [-0.39, 0.29) is 5.92 Å². The lowest BCUT2D eigenvalue weighted by Crippen LogP contribution is -1.97. The lowest BCUT2D eigenvalue weighted by molar-refractivity contribution is 0.588. The van der Waals surface area contributed by atoms with E-state index >= 15 is 0 Å². The summed E-state index contributed by atoms with van der Waals surface area (Å²) in [4.78, 5) is 0. The molecule has 10 heavy (non-hydrogen) atoms. The van der Waals surface area contributed by atoms with E-state index in [0.29, 0.717) is 5.88 Å². The lowest BCUT2D eigenvalue weighted by atomic mass is 10.1. The van der Waals surface area contributed by atoms with Gasteiger partial charge >= 0.3 is 0 Å². The van der Waals surface area contributed by atoms with Crippen LogP contribution in [0, 0.1) is 17.2 Å². The maximum Gasteiger partial charge on any atom is 0.0668 e. The predicted octanol–water partition coefficient (Wildman–Crippen LogP) is 2.95. The van der Waals surface area contributed by atoms with E-state index in [1.807, 2.05) is 0 Å². The Kier molecular flexibility index (Phi) is 6.74. The van der Waals surface area contributed by atoms with Gasteiger partial charge in [0.1, 0.15) is 0 Å². The topological polar surface area (TPSA) is 23.8 Å². The Balaban J connectivity index is 3.20. The van der Waals surface area contributed by atoms with E-state index < -0.39 is 0 Å². The molecule has 58 valence electrons. The zero-order valence-electron chi connectivity index (χ0n) is 6.44. The van der Waals surface area contributed by atoms with Crippen LogP contribution in [0.1, 0.15) is 32.6 Å². The number of nitriles is 1. The molecular formula is C8H14ClN. The van der Waals surface area contributed by atoms with E-state index in [1.165, 1.54) is 12.8 Å². The summed E-state index contributed by atoms with van der Waals surface area (Å²) >= 11 is 5.52. The van der Waals surface area contributed by atoms with Crippen LogP contribution in [0.15, 0.2) is 0 Å². The van der Waals surface area contributed by atoms with Crippen LogP contribution in [0.2, 0.25) is 0 Å². The number of rotatable bonds is 5. The maximum atomic E-state index is 8.49. The molecule has 0 radical (unpaired) electrons. The highest BCUT2D eigenvalue weighted by atomic mass is 35.5. The Bertz CT molecular complexity index is 106. The molecule has 0 heterocycles. The molecule has 0 aliphatic heterocycles. The van der Waals surface area contributed by atoms with Crippen molar-refractivity contribution in [2.24, 2.45) is 5.92 Å². The van der Waals surface area contributed by atoms with Crippen LogP contribution >= 0.6 is 11.6 Å². The number of hydrogen-bond acceptors (Lipinski definition) is 1. The fraction of sp³-hybridized carbons (Fsp3) is 0.875. The molecule has 0 rings (SSSR count). The van der Waals surface area contributed by atoms with Gasteiger partial charge in [0.15, 0.2) is 0 Å². The quantitative estimate of drug-likeness (QED) is 0.447. The average molecular weight is 160 g/mol. The van der Waals surface area contributed by atoms with Gasteiger partial charge in [-0.25, -0.2) is 0 Å². The molecule has 0 aliphatic rings. The molecule has 0 aromatic carbocycles. The van der Waals surface area contributed by atoms with Gasteiger partial charge in [-0.05, 0) is 6.42 Å². The standard InChI is InChI=1S/C8H14ClN/c1-2-3-4-5-8(6-9)7-10/h8H,2-6H2,1H3. The molecule has 1 nitrogen and oxygen atoms in total.